The molecular formula is C14H24N6O7. The highest BCUT2D eigenvalue weighted by Crippen LogP contribution is 2.00. The Bertz CT molecular complexity index is 603. The van der Waals surface area contributed by atoms with Gasteiger partial charge in [-0.25, -0.2) is 4.79 Å². The SMILES string of the molecule is CNC(=O)[C@H](CC(=O)O)NC(=O)CC(=O)NC(CCCN=C(N)N)C(=O)O. The summed E-state index contributed by atoms with van der Waals surface area (Å²) in [6.07, 6.45) is -1.14. The Morgan fingerprint density at radius 3 is 2.00 bits per heavy atom. The molecule has 0 bridgehead atoms. The fraction of sp³-hybridized carbons (Fsp3) is 0.571. The summed E-state index contributed by atoms with van der Waals surface area (Å²) in [5.74, 6) is -5.33. The first kappa shape index (κ1) is 23.6. The predicted molar refractivity (Wildman–Crippen MR) is 92.3 cm³/mol. The Morgan fingerprint density at radius 2 is 1.56 bits per heavy atom. The Morgan fingerprint density at radius 1 is 1.00 bits per heavy atom. The second kappa shape index (κ2) is 12.1. The van der Waals surface area contributed by atoms with Crippen molar-refractivity contribution in [3.63, 3.8) is 0 Å². The summed E-state index contributed by atoms with van der Waals surface area (Å²) >= 11 is 0. The molecule has 0 saturated carbocycles. The number of nitrogens with zero attached hydrogens (tertiary/aromatic N) is 1. The van der Waals surface area contributed by atoms with Crippen molar-refractivity contribution >= 4 is 35.6 Å². The van der Waals surface area contributed by atoms with Gasteiger partial charge in [0, 0.05) is 13.6 Å². The number of amides is 3. The maximum Gasteiger partial charge on any atom is 0.326 e. The lowest BCUT2D eigenvalue weighted by Crippen LogP contribution is -2.48. The van der Waals surface area contributed by atoms with Crippen molar-refractivity contribution < 1.29 is 34.2 Å². The van der Waals surface area contributed by atoms with Crippen LogP contribution in [0.1, 0.15) is 25.7 Å². The lowest BCUT2D eigenvalue weighted by molar-refractivity contribution is -0.143. The third-order valence-electron chi connectivity index (χ3n) is 3.18. The summed E-state index contributed by atoms with van der Waals surface area (Å²) in [6.45, 7) is 0.172. The highest BCUT2D eigenvalue weighted by Gasteiger charge is 2.25. The van der Waals surface area contributed by atoms with E-state index in [0.29, 0.717) is 0 Å². The van der Waals surface area contributed by atoms with Gasteiger partial charge in [-0.15, -0.1) is 0 Å². The number of carbonyl (C=O) groups is 5. The van der Waals surface area contributed by atoms with Gasteiger partial charge in [0.05, 0.1) is 6.42 Å². The molecule has 0 aliphatic rings. The molecule has 0 heterocycles. The molecule has 0 aromatic carbocycles. The first-order chi connectivity index (χ1) is 12.6. The molecule has 0 aromatic rings. The van der Waals surface area contributed by atoms with E-state index in [0.717, 1.165) is 0 Å². The van der Waals surface area contributed by atoms with Crippen LogP contribution in [0, 0.1) is 0 Å². The first-order valence-electron chi connectivity index (χ1n) is 7.87. The number of hydrogen-bond acceptors (Lipinski definition) is 6. The molecule has 0 radical (unpaired) electrons. The van der Waals surface area contributed by atoms with Gasteiger partial charge in [0.2, 0.25) is 17.7 Å². The fourth-order valence-electron chi connectivity index (χ4n) is 1.96. The van der Waals surface area contributed by atoms with Crippen LogP contribution >= 0.6 is 0 Å². The maximum atomic E-state index is 11.8. The molecule has 0 aliphatic carbocycles. The van der Waals surface area contributed by atoms with Crippen LogP contribution in [0.4, 0.5) is 0 Å². The van der Waals surface area contributed by atoms with E-state index >= 15 is 0 Å². The van der Waals surface area contributed by atoms with Gasteiger partial charge in [0.25, 0.3) is 0 Å². The number of nitrogens with one attached hydrogen (secondary N) is 3. The number of carbonyl (C=O) groups excluding carboxylic acids is 3. The van der Waals surface area contributed by atoms with Crippen LogP contribution < -0.4 is 27.4 Å². The molecule has 152 valence electrons. The average Bonchev–Trinajstić information content (AvgIpc) is 2.55. The van der Waals surface area contributed by atoms with Crippen molar-refractivity contribution in [1.82, 2.24) is 16.0 Å². The van der Waals surface area contributed by atoms with E-state index in [9.17, 15) is 24.0 Å². The number of hydrogen-bond donors (Lipinski definition) is 7. The van der Waals surface area contributed by atoms with Crippen molar-refractivity contribution in [2.75, 3.05) is 13.6 Å². The van der Waals surface area contributed by atoms with Crippen molar-refractivity contribution in [3.8, 4) is 0 Å². The maximum absolute atomic E-state index is 11.8. The third-order valence-corrected chi connectivity index (χ3v) is 3.18. The number of aliphatic imine (C=N–C) groups is 1. The first-order valence-corrected chi connectivity index (χ1v) is 7.87. The van der Waals surface area contributed by atoms with E-state index in [1.54, 1.807) is 0 Å². The third kappa shape index (κ3) is 11.0. The zero-order valence-corrected chi connectivity index (χ0v) is 14.7. The van der Waals surface area contributed by atoms with Crippen LogP contribution in [0.25, 0.3) is 0 Å². The summed E-state index contributed by atoms with van der Waals surface area (Å²) in [4.78, 5) is 60.7. The Balaban J connectivity index is 4.62. The smallest absolute Gasteiger partial charge is 0.326 e. The molecule has 1 unspecified atom stereocenters. The summed E-state index contributed by atoms with van der Waals surface area (Å²) in [5, 5.41) is 24.3. The topological polar surface area (TPSA) is 226 Å². The lowest BCUT2D eigenvalue weighted by Gasteiger charge is -2.16. The summed E-state index contributed by atoms with van der Waals surface area (Å²) in [7, 11) is 1.26. The van der Waals surface area contributed by atoms with Crippen LogP contribution in [-0.2, 0) is 24.0 Å². The molecule has 0 aromatic heterocycles. The number of likely N-dealkylation sites (N-methyl/N-ethyl adjacent to an activating group) is 1. The van der Waals surface area contributed by atoms with Gasteiger partial charge in [0.15, 0.2) is 5.96 Å². The standard InChI is InChI=1S/C14H24N6O7/c1-17-12(25)8(5-11(23)24)20-10(22)6-9(21)19-7(13(26)27)3-2-4-18-14(15)16/h7-8H,2-6H2,1H3,(H,17,25)(H,19,21)(H,20,22)(H,23,24)(H,26,27)(H4,15,16,18)/t7?,8-/m0/s1. The van der Waals surface area contributed by atoms with Gasteiger partial charge in [-0.1, -0.05) is 0 Å². The van der Waals surface area contributed by atoms with Crippen LogP contribution in [0.3, 0.4) is 0 Å². The molecule has 13 nitrogen and oxygen atoms in total. The van der Waals surface area contributed by atoms with E-state index < -0.39 is 54.6 Å². The van der Waals surface area contributed by atoms with E-state index in [-0.39, 0.29) is 25.3 Å². The Hall–Kier alpha value is -3.38. The minimum absolute atomic E-state index is 0.0271. The quantitative estimate of drug-likeness (QED) is 0.0767. The van der Waals surface area contributed by atoms with E-state index in [4.69, 9.17) is 21.7 Å². The van der Waals surface area contributed by atoms with Gasteiger partial charge in [-0.2, -0.15) is 0 Å². The van der Waals surface area contributed by atoms with Gasteiger partial charge < -0.3 is 37.6 Å². The molecule has 3 amide bonds. The summed E-state index contributed by atoms with van der Waals surface area (Å²) in [5.41, 5.74) is 10.3. The molecule has 0 fully saturated rings. The average molecular weight is 388 g/mol. The number of guanidine groups is 1. The molecular weight excluding hydrogens is 364 g/mol. The predicted octanol–water partition coefficient (Wildman–Crippen LogP) is -3.29. The molecule has 0 saturated heterocycles. The largest absolute Gasteiger partial charge is 0.481 e. The normalized spacial score (nSPS) is 12.2. The van der Waals surface area contributed by atoms with E-state index in [2.05, 4.69) is 20.9 Å². The van der Waals surface area contributed by atoms with Gasteiger partial charge in [-0.3, -0.25) is 24.2 Å². The van der Waals surface area contributed by atoms with Gasteiger partial charge in [-0.05, 0) is 12.8 Å². The van der Waals surface area contributed by atoms with Crippen LogP contribution in [0.15, 0.2) is 4.99 Å². The lowest BCUT2D eigenvalue weighted by atomic mass is 10.1. The molecule has 2 atom stereocenters. The Labute approximate surface area is 154 Å². The monoisotopic (exact) mass is 388 g/mol. The highest BCUT2D eigenvalue weighted by atomic mass is 16.4. The van der Waals surface area contributed by atoms with Crippen molar-refractivity contribution in [2.24, 2.45) is 16.5 Å². The number of aliphatic carboxylic acids is 2. The second-order valence-electron chi connectivity index (χ2n) is 5.42. The molecule has 0 aliphatic heterocycles. The molecule has 13 heteroatoms. The zero-order valence-electron chi connectivity index (χ0n) is 14.7. The molecule has 0 spiro atoms. The minimum atomic E-state index is -1.36. The Kier molecular flexibility index (Phi) is 10.5. The summed E-state index contributed by atoms with van der Waals surface area (Å²) < 4.78 is 0. The molecule has 9 N–H and O–H groups in total. The number of rotatable bonds is 12. The number of carboxylic acids is 2. The van der Waals surface area contributed by atoms with Crippen LogP contribution in [-0.4, -0.2) is 71.5 Å². The minimum Gasteiger partial charge on any atom is -0.481 e. The molecule has 0 rings (SSSR count). The fourth-order valence-corrected chi connectivity index (χ4v) is 1.96. The zero-order chi connectivity index (χ0) is 21.0. The highest BCUT2D eigenvalue weighted by molar-refractivity contribution is 6.00. The van der Waals surface area contributed by atoms with Crippen LogP contribution in [0.5, 0.6) is 0 Å². The van der Waals surface area contributed by atoms with Gasteiger partial charge >= 0.3 is 11.9 Å². The summed E-state index contributed by atoms with van der Waals surface area (Å²) in [6, 6.07) is -2.61. The van der Waals surface area contributed by atoms with Crippen molar-refractivity contribution in [2.45, 2.75) is 37.8 Å². The molecule has 27 heavy (non-hydrogen) atoms. The van der Waals surface area contributed by atoms with E-state index in [1.807, 2.05) is 0 Å². The number of carboxylic acid groups (broad SMARTS) is 2. The van der Waals surface area contributed by atoms with Crippen molar-refractivity contribution in [3.05, 3.63) is 0 Å². The second-order valence-corrected chi connectivity index (χ2v) is 5.42. The number of nitrogens with two attached hydrogens (primary N) is 2. The van der Waals surface area contributed by atoms with Crippen LogP contribution in [0.2, 0.25) is 0 Å². The van der Waals surface area contributed by atoms with E-state index in [1.165, 1.54) is 7.05 Å². The van der Waals surface area contributed by atoms with Crippen molar-refractivity contribution in [1.29, 1.82) is 0 Å². The van der Waals surface area contributed by atoms with Gasteiger partial charge in [0.1, 0.15) is 18.5 Å².